The van der Waals surface area contributed by atoms with Crippen molar-refractivity contribution in [3.8, 4) is 11.5 Å². The summed E-state index contributed by atoms with van der Waals surface area (Å²) < 4.78 is 50.7. The second-order valence-corrected chi connectivity index (χ2v) is 7.54. The number of aryl methyl sites for hydroxylation is 1. The summed E-state index contributed by atoms with van der Waals surface area (Å²) in [4.78, 5) is 26.5. The number of hydrogen-bond donors (Lipinski definition) is 1. The summed E-state index contributed by atoms with van der Waals surface area (Å²) in [6.07, 6.45) is 1.84. The summed E-state index contributed by atoms with van der Waals surface area (Å²) in [5.41, 5.74) is 0.407. The van der Waals surface area contributed by atoms with Gasteiger partial charge in [-0.1, -0.05) is 6.07 Å². The Hall–Kier alpha value is -3.23. The molecule has 2 aromatic carbocycles. The largest absolute Gasteiger partial charge is 0.493 e. The Balaban J connectivity index is 1.48. The van der Waals surface area contributed by atoms with Crippen LogP contribution in [-0.4, -0.2) is 50.1 Å². The molecule has 32 heavy (non-hydrogen) atoms. The fourth-order valence-electron chi connectivity index (χ4n) is 3.68. The van der Waals surface area contributed by atoms with Gasteiger partial charge in [0.05, 0.1) is 19.8 Å². The van der Waals surface area contributed by atoms with Gasteiger partial charge in [0, 0.05) is 25.6 Å². The van der Waals surface area contributed by atoms with E-state index in [2.05, 4.69) is 5.32 Å². The molecule has 172 valence electrons. The summed E-state index contributed by atoms with van der Waals surface area (Å²) in [6, 6.07) is 6.86. The molecule has 0 spiro atoms. The molecule has 0 radical (unpaired) electrons. The Bertz CT molecular complexity index is 991. The SMILES string of the molecule is COc1ccc(CCC(=O)N2CCC(NC(=O)c3ccc(F)c(F)c3F)CC2)cc1OC. The molecule has 2 aromatic rings. The first-order valence-corrected chi connectivity index (χ1v) is 10.3. The number of likely N-dealkylation sites (tertiary alicyclic amines) is 1. The molecule has 9 heteroatoms. The maximum atomic E-state index is 13.8. The van der Waals surface area contributed by atoms with Gasteiger partial charge in [-0.3, -0.25) is 9.59 Å². The van der Waals surface area contributed by atoms with Crippen LogP contribution in [0.2, 0.25) is 0 Å². The lowest BCUT2D eigenvalue weighted by molar-refractivity contribution is -0.132. The molecule has 0 aliphatic carbocycles. The van der Waals surface area contributed by atoms with E-state index in [1.807, 2.05) is 12.1 Å². The molecule has 6 nitrogen and oxygen atoms in total. The summed E-state index contributed by atoms with van der Waals surface area (Å²) in [6.45, 7) is 0.881. The van der Waals surface area contributed by atoms with Gasteiger partial charge in [0.15, 0.2) is 29.0 Å². The van der Waals surface area contributed by atoms with Crippen LogP contribution in [0.5, 0.6) is 11.5 Å². The van der Waals surface area contributed by atoms with Crippen molar-refractivity contribution in [2.45, 2.75) is 31.7 Å². The van der Waals surface area contributed by atoms with Crippen LogP contribution in [0.3, 0.4) is 0 Å². The van der Waals surface area contributed by atoms with Crippen molar-refractivity contribution in [3.63, 3.8) is 0 Å². The van der Waals surface area contributed by atoms with Gasteiger partial charge < -0.3 is 19.7 Å². The smallest absolute Gasteiger partial charge is 0.254 e. The first-order chi connectivity index (χ1) is 15.3. The normalized spacial score (nSPS) is 14.2. The molecule has 0 unspecified atom stereocenters. The lowest BCUT2D eigenvalue weighted by Gasteiger charge is -2.32. The average Bonchev–Trinajstić information content (AvgIpc) is 2.81. The zero-order valence-electron chi connectivity index (χ0n) is 17.9. The fraction of sp³-hybridized carbons (Fsp3) is 0.391. The second kappa shape index (κ2) is 10.4. The Labute approximate surface area is 184 Å². The molecule has 0 atom stereocenters. The van der Waals surface area contributed by atoms with E-state index in [4.69, 9.17) is 9.47 Å². The van der Waals surface area contributed by atoms with E-state index in [0.29, 0.717) is 56.3 Å². The zero-order valence-corrected chi connectivity index (χ0v) is 17.9. The van der Waals surface area contributed by atoms with Gasteiger partial charge in [-0.15, -0.1) is 0 Å². The number of carbonyl (C=O) groups is 2. The Morgan fingerprint density at radius 3 is 2.34 bits per heavy atom. The Morgan fingerprint density at radius 1 is 1.00 bits per heavy atom. The van der Waals surface area contributed by atoms with Crippen molar-refractivity contribution >= 4 is 11.8 Å². The van der Waals surface area contributed by atoms with Crippen LogP contribution in [0.15, 0.2) is 30.3 Å². The average molecular weight is 450 g/mol. The van der Waals surface area contributed by atoms with E-state index >= 15 is 0 Å². The van der Waals surface area contributed by atoms with Crippen LogP contribution in [0.1, 0.15) is 35.2 Å². The number of nitrogens with zero attached hydrogens (tertiary/aromatic N) is 1. The maximum absolute atomic E-state index is 13.8. The Morgan fingerprint density at radius 2 is 1.69 bits per heavy atom. The van der Waals surface area contributed by atoms with E-state index in [1.54, 1.807) is 25.2 Å². The first-order valence-electron chi connectivity index (χ1n) is 10.3. The molecule has 0 saturated carbocycles. The van der Waals surface area contributed by atoms with E-state index in [0.717, 1.165) is 11.6 Å². The van der Waals surface area contributed by atoms with Gasteiger partial charge >= 0.3 is 0 Å². The van der Waals surface area contributed by atoms with Gasteiger partial charge in [0.2, 0.25) is 5.91 Å². The highest BCUT2D eigenvalue weighted by Gasteiger charge is 2.26. The van der Waals surface area contributed by atoms with E-state index in [-0.39, 0.29) is 11.9 Å². The van der Waals surface area contributed by atoms with E-state index < -0.39 is 28.9 Å². The summed E-state index contributed by atoms with van der Waals surface area (Å²) in [7, 11) is 3.11. The van der Waals surface area contributed by atoms with Crippen LogP contribution in [0, 0.1) is 17.5 Å². The fourth-order valence-corrected chi connectivity index (χ4v) is 3.68. The molecule has 1 N–H and O–H groups in total. The molecule has 2 amide bonds. The van der Waals surface area contributed by atoms with Gasteiger partial charge in [0.1, 0.15) is 0 Å². The molecule has 1 fully saturated rings. The highest BCUT2D eigenvalue weighted by atomic mass is 19.2. The molecule has 3 rings (SSSR count). The van der Waals surface area contributed by atoms with Crippen LogP contribution < -0.4 is 14.8 Å². The number of benzene rings is 2. The molecule has 0 aromatic heterocycles. The quantitative estimate of drug-likeness (QED) is 0.656. The van der Waals surface area contributed by atoms with Crippen molar-refractivity contribution in [1.82, 2.24) is 10.2 Å². The molecule has 1 saturated heterocycles. The third kappa shape index (κ3) is 5.33. The van der Waals surface area contributed by atoms with Gasteiger partial charge in [-0.2, -0.15) is 0 Å². The lowest BCUT2D eigenvalue weighted by Crippen LogP contribution is -2.46. The molecular formula is C23H25F3N2O4. The number of hydrogen-bond acceptors (Lipinski definition) is 4. The third-order valence-corrected chi connectivity index (χ3v) is 5.54. The van der Waals surface area contributed by atoms with Gasteiger partial charge in [-0.25, -0.2) is 13.2 Å². The zero-order chi connectivity index (χ0) is 23.3. The number of methoxy groups -OCH3 is 2. The van der Waals surface area contributed by atoms with Gasteiger partial charge in [0.25, 0.3) is 5.91 Å². The minimum atomic E-state index is -1.67. The highest BCUT2D eigenvalue weighted by Crippen LogP contribution is 2.28. The number of carbonyl (C=O) groups excluding carboxylic acids is 2. The number of halogens is 3. The summed E-state index contributed by atoms with van der Waals surface area (Å²) in [5.74, 6) is -4.12. The van der Waals surface area contributed by atoms with E-state index in [1.165, 1.54) is 0 Å². The molecule has 1 aliphatic rings. The van der Waals surface area contributed by atoms with Crippen LogP contribution in [0.4, 0.5) is 13.2 Å². The predicted molar refractivity (Wildman–Crippen MR) is 111 cm³/mol. The van der Waals surface area contributed by atoms with Crippen molar-refractivity contribution < 1.29 is 32.2 Å². The predicted octanol–water partition coefficient (Wildman–Crippen LogP) is 3.47. The van der Waals surface area contributed by atoms with Crippen LogP contribution >= 0.6 is 0 Å². The molecule has 1 aliphatic heterocycles. The standard InChI is InChI=1S/C23H25F3N2O4/c1-31-18-7-3-14(13-19(18)32-2)4-8-20(29)28-11-9-15(10-12-28)27-23(30)16-5-6-17(24)22(26)21(16)25/h3,5-7,13,15H,4,8-12H2,1-2H3,(H,27,30). The summed E-state index contributed by atoms with van der Waals surface area (Å²) in [5, 5.41) is 2.63. The Kier molecular flexibility index (Phi) is 7.61. The van der Waals surface area contributed by atoms with Crippen molar-refractivity contribution in [2.24, 2.45) is 0 Å². The molecule has 1 heterocycles. The minimum Gasteiger partial charge on any atom is -0.493 e. The molecule has 0 bridgehead atoms. The maximum Gasteiger partial charge on any atom is 0.254 e. The second-order valence-electron chi connectivity index (χ2n) is 7.54. The topological polar surface area (TPSA) is 67.9 Å². The number of amides is 2. The third-order valence-electron chi connectivity index (χ3n) is 5.54. The van der Waals surface area contributed by atoms with Crippen molar-refractivity contribution in [3.05, 3.63) is 58.9 Å². The van der Waals surface area contributed by atoms with Crippen LogP contribution in [-0.2, 0) is 11.2 Å². The monoisotopic (exact) mass is 450 g/mol. The highest BCUT2D eigenvalue weighted by molar-refractivity contribution is 5.94. The van der Waals surface area contributed by atoms with Crippen LogP contribution in [0.25, 0.3) is 0 Å². The lowest BCUT2D eigenvalue weighted by atomic mass is 10.0. The first kappa shape index (κ1) is 23.4. The number of ether oxygens (including phenoxy) is 2. The van der Waals surface area contributed by atoms with Crippen molar-refractivity contribution in [2.75, 3.05) is 27.3 Å². The number of piperidine rings is 1. The van der Waals surface area contributed by atoms with E-state index in [9.17, 15) is 22.8 Å². The molecular weight excluding hydrogens is 425 g/mol. The van der Waals surface area contributed by atoms with Crippen molar-refractivity contribution in [1.29, 1.82) is 0 Å². The minimum absolute atomic E-state index is 0.00351. The summed E-state index contributed by atoms with van der Waals surface area (Å²) >= 11 is 0. The number of rotatable bonds is 7. The van der Waals surface area contributed by atoms with Gasteiger partial charge in [-0.05, 0) is 49.1 Å². The number of nitrogens with one attached hydrogen (secondary N) is 1.